The van der Waals surface area contributed by atoms with Crippen LogP contribution >= 0.6 is 11.3 Å². The average molecular weight is 408 g/mol. The van der Waals surface area contributed by atoms with E-state index in [-0.39, 0.29) is 17.9 Å². The summed E-state index contributed by atoms with van der Waals surface area (Å²) in [6.45, 7) is 10.1. The Bertz CT molecular complexity index is 1040. The Hall–Kier alpha value is -2.40. The summed E-state index contributed by atoms with van der Waals surface area (Å²) < 4.78 is 1.27. The summed E-state index contributed by atoms with van der Waals surface area (Å²) >= 11 is 1.80. The van der Waals surface area contributed by atoms with E-state index in [1.54, 1.807) is 11.3 Å². The van der Waals surface area contributed by atoms with Crippen LogP contribution in [-0.2, 0) is 4.79 Å². The standard InChI is InChI=1S/C24H29N3OS/c1-15-7-8-19(12-16(15)2)18(4)26-24(28)20-6-5-11-27(14-20)23-21-13-17(3)29-22(21)9-10-25-23/h7-10,12-13,18,20H,5-6,11,14H2,1-4H3,(H,26,28)/t18-,20+/m1/s1. The lowest BCUT2D eigenvalue weighted by Crippen LogP contribution is -2.44. The Balaban J connectivity index is 1.47. The molecule has 1 aliphatic heterocycles. The van der Waals surface area contributed by atoms with Crippen LogP contribution in [0.15, 0.2) is 36.5 Å². The van der Waals surface area contributed by atoms with Crippen LogP contribution < -0.4 is 10.2 Å². The number of fused-ring (bicyclic) bond motifs is 1. The molecule has 3 heterocycles. The molecule has 1 fully saturated rings. The van der Waals surface area contributed by atoms with Gasteiger partial charge in [-0.15, -0.1) is 11.3 Å². The number of piperidine rings is 1. The number of benzene rings is 1. The highest BCUT2D eigenvalue weighted by Crippen LogP contribution is 2.33. The molecule has 0 aliphatic carbocycles. The number of nitrogens with zero attached hydrogens (tertiary/aromatic N) is 2. The van der Waals surface area contributed by atoms with Gasteiger partial charge >= 0.3 is 0 Å². The van der Waals surface area contributed by atoms with E-state index in [9.17, 15) is 4.79 Å². The number of hydrogen-bond acceptors (Lipinski definition) is 4. The fourth-order valence-electron chi connectivity index (χ4n) is 4.16. The van der Waals surface area contributed by atoms with Gasteiger partial charge in [-0.3, -0.25) is 4.79 Å². The highest BCUT2D eigenvalue weighted by atomic mass is 32.1. The van der Waals surface area contributed by atoms with E-state index in [0.717, 1.165) is 37.3 Å². The molecule has 0 saturated carbocycles. The van der Waals surface area contributed by atoms with Gasteiger partial charge in [0.25, 0.3) is 0 Å². The molecule has 152 valence electrons. The quantitative estimate of drug-likeness (QED) is 0.637. The average Bonchev–Trinajstić information content (AvgIpc) is 3.10. The lowest BCUT2D eigenvalue weighted by molar-refractivity contribution is -0.125. The lowest BCUT2D eigenvalue weighted by Gasteiger charge is -2.33. The molecule has 2 aromatic heterocycles. The van der Waals surface area contributed by atoms with E-state index in [0.29, 0.717) is 0 Å². The number of carbonyl (C=O) groups is 1. The number of anilines is 1. The largest absolute Gasteiger partial charge is 0.355 e. The lowest BCUT2D eigenvalue weighted by atomic mass is 9.95. The minimum Gasteiger partial charge on any atom is -0.355 e. The van der Waals surface area contributed by atoms with Gasteiger partial charge in [0.15, 0.2) is 0 Å². The van der Waals surface area contributed by atoms with Crippen LogP contribution in [0, 0.1) is 26.7 Å². The van der Waals surface area contributed by atoms with Crippen molar-refractivity contribution in [2.24, 2.45) is 5.92 Å². The molecule has 0 unspecified atom stereocenters. The molecule has 0 radical (unpaired) electrons. The third kappa shape index (κ3) is 4.15. The van der Waals surface area contributed by atoms with E-state index in [4.69, 9.17) is 0 Å². The van der Waals surface area contributed by atoms with Crippen LogP contribution in [0.25, 0.3) is 10.1 Å². The first kappa shape index (κ1) is 19.9. The predicted molar refractivity (Wildman–Crippen MR) is 122 cm³/mol. The molecule has 5 heteroatoms. The number of rotatable bonds is 4. The van der Waals surface area contributed by atoms with Gasteiger partial charge in [-0.25, -0.2) is 4.98 Å². The molecule has 4 rings (SSSR count). The topological polar surface area (TPSA) is 45.2 Å². The molecule has 0 bridgehead atoms. The van der Waals surface area contributed by atoms with Crippen molar-refractivity contribution in [3.8, 4) is 0 Å². The van der Waals surface area contributed by atoms with Crippen LogP contribution in [0.1, 0.15) is 47.4 Å². The Labute approximate surface area is 177 Å². The number of carbonyl (C=O) groups excluding carboxylic acids is 1. The Kier molecular flexibility index (Phi) is 5.59. The van der Waals surface area contributed by atoms with Crippen molar-refractivity contribution in [2.75, 3.05) is 18.0 Å². The minimum atomic E-state index is -0.00506. The number of amides is 1. The molecule has 29 heavy (non-hydrogen) atoms. The van der Waals surface area contributed by atoms with Crippen molar-refractivity contribution in [1.29, 1.82) is 0 Å². The zero-order chi connectivity index (χ0) is 20.5. The first-order valence-corrected chi connectivity index (χ1v) is 11.2. The van der Waals surface area contributed by atoms with E-state index >= 15 is 0 Å². The minimum absolute atomic E-state index is 0.00506. The summed E-state index contributed by atoms with van der Waals surface area (Å²) in [7, 11) is 0. The maximum Gasteiger partial charge on any atom is 0.225 e. The van der Waals surface area contributed by atoms with E-state index in [1.165, 1.54) is 26.1 Å². The number of aryl methyl sites for hydroxylation is 3. The number of thiophene rings is 1. The second-order valence-corrected chi connectivity index (χ2v) is 9.55. The Morgan fingerprint density at radius 1 is 1.21 bits per heavy atom. The van der Waals surface area contributed by atoms with Crippen molar-refractivity contribution < 1.29 is 4.79 Å². The predicted octanol–water partition coefficient (Wildman–Crippen LogP) is 5.32. The Morgan fingerprint density at radius 3 is 2.83 bits per heavy atom. The maximum absolute atomic E-state index is 13.0. The summed E-state index contributed by atoms with van der Waals surface area (Å²) in [6, 6.07) is 10.7. The molecular formula is C24H29N3OS. The van der Waals surface area contributed by atoms with Crippen molar-refractivity contribution in [2.45, 2.75) is 46.6 Å². The van der Waals surface area contributed by atoms with Crippen molar-refractivity contribution in [3.63, 3.8) is 0 Å². The molecular weight excluding hydrogens is 378 g/mol. The van der Waals surface area contributed by atoms with Gasteiger partial charge in [0, 0.05) is 34.2 Å². The third-order valence-corrected chi connectivity index (χ3v) is 7.04. The SMILES string of the molecule is Cc1cc2c(N3CCC[C@H](C(=O)N[C@H](C)c4ccc(C)c(C)c4)C3)nccc2s1. The molecule has 3 aromatic rings. The molecule has 0 spiro atoms. The first-order valence-electron chi connectivity index (χ1n) is 10.4. The second-order valence-electron chi connectivity index (χ2n) is 8.26. The van der Waals surface area contributed by atoms with Crippen LogP contribution in [0.3, 0.4) is 0 Å². The molecule has 1 saturated heterocycles. The van der Waals surface area contributed by atoms with E-state index < -0.39 is 0 Å². The van der Waals surface area contributed by atoms with Gasteiger partial charge in [-0.05, 0) is 69.4 Å². The van der Waals surface area contributed by atoms with Crippen molar-refractivity contribution >= 4 is 33.1 Å². The van der Waals surface area contributed by atoms with E-state index in [2.05, 4.69) is 73.2 Å². The molecule has 4 nitrogen and oxygen atoms in total. The van der Waals surface area contributed by atoms with Gasteiger partial charge in [-0.2, -0.15) is 0 Å². The number of nitrogens with one attached hydrogen (secondary N) is 1. The number of hydrogen-bond donors (Lipinski definition) is 1. The molecule has 1 amide bonds. The zero-order valence-corrected chi connectivity index (χ0v) is 18.5. The molecule has 2 atom stereocenters. The third-order valence-electron chi connectivity index (χ3n) is 6.03. The molecule has 1 aromatic carbocycles. The normalized spacial score (nSPS) is 18.1. The van der Waals surface area contributed by atoms with Crippen LogP contribution in [-0.4, -0.2) is 24.0 Å². The van der Waals surface area contributed by atoms with Gasteiger partial charge in [0.05, 0.1) is 12.0 Å². The summed E-state index contributed by atoms with van der Waals surface area (Å²) in [4.78, 5) is 21.3. The van der Waals surface area contributed by atoms with Crippen LogP contribution in [0.5, 0.6) is 0 Å². The van der Waals surface area contributed by atoms with Crippen molar-refractivity contribution in [1.82, 2.24) is 10.3 Å². The second kappa shape index (κ2) is 8.15. The monoisotopic (exact) mass is 407 g/mol. The summed E-state index contributed by atoms with van der Waals surface area (Å²) in [5, 5.41) is 4.45. The summed E-state index contributed by atoms with van der Waals surface area (Å²) in [6.07, 6.45) is 3.83. The molecule has 1 N–H and O–H groups in total. The van der Waals surface area contributed by atoms with E-state index in [1.807, 2.05) is 6.20 Å². The highest BCUT2D eigenvalue weighted by Gasteiger charge is 2.28. The smallest absolute Gasteiger partial charge is 0.225 e. The van der Waals surface area contributed by atoms with Crippen LogP contribution in [0.4, 0.5) is 5.82 Å². The maximum atomic E-state index is 13.0. The Morgan fingerprint density at radius 2 is 2.03 bits per heavy atom. The number of pyridine rings is 1. The van der Waals surface area contributed by atoms with Crippen LogP contribution in [0.2, 0.25) is 0 Å². The molecule has 1 aliphatic rings. The van der Waals surface area contributed by atoms with Gasteiger partial charge < -0.3 is 10.2 Å². The van der Waals surface area contributed by atoms with Gasteiger partial charge in [-0.1, -0.05) is 18.2 Å². The van der Waals surface area contributed by atoms with Crippen molar-refractivity contribution in [3.05, 3.63) is 58.1 Å². The summed E-state index contributed by atoms with van der Waals surface area (Å²) in [5.41, 5.74) is 3.70. The zero-order valence-electron chi connectivity index (χ0n) is 17.7. The first-order chi connectivity index (χ1) is 13.9. The van der Waals surface area contributed by atoms with Gasteiger partial charge in [0.2, 0.25) is 5.91 Å². The summed E-state index contributed by atoms with van der Waals surface area (Å²) in [5.74, 6) is 1.16. The van der Waals surface area contributed by atoms with Gasteiger partial charge in [0.1, 0.15) is 5.82 Å². The fourth-order valence-corrected chi connectivity index (χ4v) is 5.07. The fraction of sp³-hybridized carbons (Fsp3) is 0.417. The highest BCUT2D eigenvalue weighted by molar-refractivity contribution is 7.19. The number of aromatic nitrogens is 1.